The monoisotopic (exact) mass is 340 g/mol. The summed E-state index contributed by atoms with van der Waals surface area (Å²) in [6.07, 6.45) is 7.29. The molecule has 0 bridgehead atoms. The van der Waals surface area contributed by atoms with Crippen molar-refractivity contribution >= 4 is 17.4 Å². The van der Waals surface area contributed by atoms with Crippen molar-refractivity contribution in [1.82, 2.24) is 34.7 Å². The Labute approximate surface area is 144 Å². The zero-order valence-electron chi connectivity index (χ0n) is 14.3. The van der Waals surface area contributed by atoms with Crippen LogP contribution in [0.4, 0.5) is 5.82 Å². The molecule has 0 aromatic carbocycles. The smallest absolute Gasteiger partial charge is 0.272 e. The first-order valence-corrected chi connectivity index (χ1v) is 8.33. The molecule has 1 amide bonds. The molecule has 0 spiro atoms. The Kier molecular flexibility index (Phi) is 3.83. The van der Waals surface area contributed by atoms with Gasteiger partial charge in [-0.15, -0.1) is 10.2 Å². The van der Waals surface area contributed by atoms with Crippen LogP contribution in [0.2, 0.25) is 0 Å². The van der Waals surface area contributed by atoms with Crippen LogP contribution in [-0.4, -0.2) is 54.4 Å². The fraction of sp³-hybridized carbons (Fsp3) is 0.438. The van der Waals surface area contributed by atoms with Crippen LogP contribution < -0.4 is 10.2 Å². The molecule has 1 atom stereocenters. The minimum atomic E-state index is -0.142. The third-order valence-electron chi connectivity index (χ3n) is 4.48. The summed E-state index contributed by atoms with van der Waals surface area (Å²) in [6.45, 7) is 3.49. The van der Waals surface area contributed by atoms with E-state index in [0.717, 1.165) is 36.7 Å². The number of nitrogens with zero attached hydrogens (tertiary/aromatic N) is 7. The van der Waals surface area contributed by atoms with Crippen LogP contribution in [0.1, 0.15) is 29.2 Å². The van der Waals surface area contributed by atoms with E-state index >= 15 is 0 Å². The second-order valence-corrected chi connectivity index (χ2v) is 6.32. The zero-order chi connectivity index (χ0) is 17.4. The van der Waals surface area contributed by atoms with Gasteiger partial charge >= 0.3 is 0 Å². The molecule has 9 nitrogen and oxygen atoms in total. The standard InChI is InChI=1S/C16H20N8O/c1-11-19-20-15-14(17-6-9-24(11)15)23-7-3-4-12(10-23)18-16(25)13-5-8-22(2)21-13/h5-6,8-9,12H,3-4,7,10H2,1-2H3,(H,18,25). The molecule has 1 unspecified atom stereocenters. The lowest BCUT2D eigenvalue weighted by Crippen LogP contribution is -2.48. The highest BCUT2D eigenvalue weighted by molar-refractivity contribution is 5.92. The first-order chi connectivity index (χ1) is 12.1. The number of anilines is 1. The number of fused-ring (bicyclic) bond motifs is 1. The van der Waals surface area contributed by atoms with Gasteiger partial charge in [0.25, 0.3) is 5.91 Å². The Balaban J connectivity index is 1.51. The van der Waals surface area contributed by atoms with Crippen LogP contribution in [-0.2, 0) is 7.05 Å². The number of rotatable bonds is 3. The fourth-order valence-electron chi connectivity index (χ4n) is 3.23. The van der Waals surface area contributed by atoms with Gasteiger partial charge in [-0.1, -0.05) is 0 Å². The van der Waals surface area contributed by atoms with E-state index in [0.29, 0.717) is 12.2 Å². The van der Waals surface area contributed by atoms with E-state index in [-0.39, 0.29) is 11.9 Å². The summed E-state index contributed by atoms with van der Waals surface area (Å²) in [6, 6.07) is 1.77. The molecule has 4 heterocycles. The number of piperidine rings is 1. The highest BCUT2D eigenvalue weighted by Gasteiger charge is 2.25. The summed E-state index contributed by atoms with van der Waals surface area (Å²) in [5, 5.41) is 15.6. The van der Waals surface area contributed by atoms with Gasteiger partial charge in [0.05, 0.1) is 0 Å². The molecule has 1 fully saturated rings. The third kappa shape index (κ3) is 2.92. The van der Waals surface area contributed by atoms with Gasteiger partial charge in [0.1, 0.15) is 11.5 Å². The quantitative estimate of drug-likeness (QED) is 0.749. The number of aryl methyl sites for hydroxylation is 2. The summed E-state index contributed by atoms with van der Waals surface area (Å²) in [5.74, 6) is 1.49. The van der Waals surface area contributed by atoms with E-state index < -0.39 is 0 Å². The van der Waals surface area contributed by atoms with Gasteiger partial charge in [0.15, 0.2) is 5.82 Å². The van der Waals surface area contributed by atoms with E-state index in [1.165, 1.54) is 0 Å². The molecular weight excluding hydrogens is 320 g/mol. The van der Waals surface area contributed by atoms with E-state index in [1.54, 1.807) is 30.2 Å². The van der Waals surface area contributed by atoms with Crippen molar-refractivity contribution < 1.29 is 4.79 Å². The average molecular weight is 340 g/mol. The lowest BCUT2D eigenvalue weighted by Gasteiger charge is -2.33. The molecule has 0 aliphatic carbocycles. The van der Waals surface area contributed by atoms with E-state index in [4.69, 9.17) is 0 Å². The average Bonchev–Trinajstić information content (AvgIpc) is 3.21. The Morgan fingerprint density at radius 3 is 3.00 bits per heavy atom. The lowest BCUT2D eigenvalue weighted by atomic mass is 10.1. The summed E-state index contributed by atoms with van der Waals surface area (Å²) >= 11 is 0. The molecule has 130 valence electrons. The first kappa shape index (κ1) is 15.6. The minimum absolute atomic E-state index is 0.0503. The van der Waals surface area contributed by atoms with Crippen molar-refractivity contribution in [3.05, 3.63) is 36.2 Å². The molecule has 0 saturated carbocycles. The summed E-state index contributed by atoms with van der Waals surface area (Å²) in [5.41, 5.74) is 1.18. The molecular formula is C16H20N8O. The predicted molar refractivity (Wildman–Crippen MR) is 91.4 cm³/mol. The maximum Gasteiger partial charge on any atom is 0.272 e. The normalized spacial score (nSPS) is 17.8. The molecule has 9 heteroatoms. The van der Waals surface area contributed by atoms with Crippen LogP contribution in [0.3, 0.4) is 0 Å². The molecule has 1 N–H and O–H groups in total. The maximum absolute atomic E-state index is 12.3. The second-order valence-electron chi connectivity index (χ2n) is 6.32. The molecule has 4 rings (SSSR count). The molecule has 1 aliphatic rings. The number of carbonyl (C=O) groups excluding carboxylic acids is 1. The van der Waals surface area contributed by atoms with Gasteiger partial charge in [0, 0.05) is 44.8 Å². The Morgan fingerprint density at radius 2 is 2.20 bits per heavy atom. The van der Waals surface area contributed by atoms with E-state index in [1.807, 2.05) is 17.5 Å². The largest absolute Gasteiger partial charge is 0.351 e. The molecule has 0 radical (unpaired) electrons. The van der Waals surface area contributed by atoms with E-state index in [9.17, 15) is 4.79 Å². The number of hydrogen-bond donors (Lipinski definition) is 1. The van der Waals surface area contributed by atoms with Crippen molar-refractivity contribution in [3.8, 4) is 0 Å². The van der Waals surface area contributed by atoms with Crippen molar-refractivity contribution in [2.75, 3.05) is 18.0 Å². The predicted octanol–water partition coefficient (Wildman–Crippen LogP) is 0.565. The van der Waals surface area contributed by atoms with Crippen molar-refractivity contribution in [3.63, 3.8) is 0 Å². The first-order valence-electron chi connectivity index (χ1n) is 8.33. The minimum Gasteiger partial charge on any atom is -0.351 e. The fourth-order valence-corrected chi connectivity index (χ4v) is 3.23. The number of aromatic nitrogens is 6. The maximum atomic E-state index is 12.3. The van der Waals surface area contributed by atoms with Gasteiger partial charge in [-0.3, -0.25) is 13.9 Å². The second kappa shape index (κ2) is 6.15. The Hall–Kier alpha value is -2.97. The van der Waals surface area contributed by atoms with Crippen LogP contribution in [0, 0.1) is 6.92 Å². The van der Waals surface area contributed by atoms with Crippen LogP contribution in [0.15, 0.2) is 24.7 Å². The highest BCUT2D eigenvalue weighted by Crippen LogP contribution is 2.22. The van der Waals surface area contributed by atoms with Gasteiger partial charge in [-0.05, 0) is 25.8 Å². The number of hydrogen-bond acceptors (Lipinski definition) is 6. The van der Waals surface area contributed by atoms with Crippen LogP contribution >= 0.6 is 0 Å². The number of amides is 1. The molecule has 1 saturated heterocycles. The highest BCUT2D eigenvalue weighted by atomic mass is 16.2. The lowest BCUT2D eigenvalue weighted by molar-refractivity contribution is 0.0927. The van der Waals surface area contributed by atoms with Gasteiger partial charge in [-0.2, -0.15) is 5.10 Å². The van der Waals surface area contributed by atoms with Gasteiger partial charge in [0.2, 0.25) is 5.65 Å². The summed E-state index contributed by atoms with van der Waals surface area (Å²) < 4.78 is 3.55. The third-order valence-corrected chi connectivity index (χ3v) is 4.48. The number of carbonyl (C=O) groups is 1. The molecule has 3 aromatic heterocycles. The van der Waals surface area contributed by atoms with Gasteiger partial charge < -0.3 is 10.2 Å². The zero-order valence-corrected chi connectivity index (χ0v) is 14.3. The Bertz CT molecular complexity index is 914. The van der Waals surface area contributed by atoms with Crippen molar-refractivity contribution in [1.29, 1.82) is 0 Å². The topological polar surface area (TPSA) is 93.2 Å². The summed E-state index contributed by atoms with van der Waals surface area (Å²) in [4.78, 5) is 19.0. The molecule has 25 heavy (non-hydrogen) atoms. The van der Waals surface area contributed by atoms with Crippen molar-refractivity contribution in [2.45, 2.75) is 25.8 Å². The summed E-state index contributed by atoms with van der Waals surface area (Å²) in [7, 11) is 1.80. The Morgan fingerprint density at radius 1 is 1.32 bits per heavy atom. The van der Waals surface area contributed by atoms with Gasteiger partial charge in [-0.25, -0.2) is 4.98 Å². The number of nitrogens with one attached hydrogen (secondary N) is 1. The molecule has 1 aliphatic heterocycles. The van der Waals surface area contributed by atoms with Crippen LogP contribution in [0.5, 0.6) is 0 Å². The molecule has 3 aromatic rings. The SMILES string of the molecule is Cc1nnc2c(N3CCCC(NC(=O)c4ccn(C)n4)C3)nccn12. The van der Waals surface area contributed by atoms with E-state index in [2.05, 4.69) is 30.5 Å². The van der Waals surface area contributed by atoms with Crippen LogP contribution in [0.25, 0.3) is 5.65 Å². The van der Waals surface area contributed by atoms with Crippen molar-refractivity contribution in [2.24, 2.45) is 7.05 Å².